The number of methoxy groups -OCH3 is 1. The molecular weight excluding hydrogens is 608 g/mol. The molecule has 4 aromatic rings. The molecule has 0 spiro atoms. The standard InChI is InChI=1S/C37H44N6O5/c1-48-22-8-19-43-33-13-6-5-12-32(33)39-36(43)28-9-7-18-41(25-28)34(44)24-29(38-37(46)47)23-27-14-16-30(17-15-27)40-20-21-42(35(45)26-40)31-10-3-2-4-11-31/h2-6,10-17,28-29,38H,7-9,18-26H2,1H3,(H,46,47)/t28-,29-/m1/s1. The molecule has 2 aliphatic heterocycles. The number of imidazole rings is 1. The van der Waals surface area contributed by atoms with Crippen LogP contribution in [0, 0.1) is 0 Å². The van der Waals surface area contributed by atoms with E-state index in [1.165, 1.54) is 0 Å². The predicted molar refractivity (Wildman–Crippen MR) is 186 cm³/mol. The van der Waals surface area contributed by atoms with E-state index in [4.69, 9.17) is 9.72 Å². The Morgan fingerprint density at radius 3 is 2.50 bits per heavy atom. The Morgan fingerprint density at radius 1 is 0.979 bits per heavy atom. The number of aromatic nitrogens is 2. The summed E-state index contributed by atoms with van der Waals surface area (Å²) in [6.45, 7) is 4.23. The quantitative estimate of drug-likeness (QED) is 0.209. The van der Waals surface area contributed by atoms with Crippen LogP contribution in [-0.2, 0) is 27.3 Å². The molecule has 2 atom stereocenters. The van der Waals surface area contributed by atoms with E-state index < -0.39 is 12.1 Å². The van der Waals surface area contributed by atoms with E-state index in [1.807, 2.05) is 82.6 Å². The summed E-state index contributed by atoms with van der Waals surface area (Å²) in [7, 11) is 1.71. The molecule has 0 radical (unpaired) electrons. The predicted octanol–water partition coefficient (Wildman–Crippen LogP) is 4.90. The Bertz CT molecular complexity index is 1710. The van der Waals surface area contributed by atoms with Gasteiger partial charge in [-0.05, 0) is 67.6 Å². The number of fused-ring (bicyclic) bond motifs is 1. The summed E-state index contributed by atoms with van der Waals surface area (Å²) in [6, 6.07) is 25.1. The van der Waals surface area contributed by atoms with Crippen LogP contribution in [-0.4, -0.2) is 89.9 Å². The highest BCUT2D eigenvalue weighted by Gasteiger charge is 2.30. The number of aryl methyl sites for hydroxylation is 1. The third-order valence-corrected chi connectivity index (χ3v) is 9.37. The molecule has 252 valence electrons. The van der Waals surface area contributed by atoms with Gasteiger partial charge in [0.25, 0.3) is 0 Å². The summed E-state index contributed by atoms with van der Waals surface area (Å²) < 4.78 is 7.57. The molecule has 0 bridgehead atoms. The van der Waals surface area contributed by atoms with Crippen LogP contribution >= 0.6 is 0 Å². The minimum absolute atomic E-state index is 0.0454. The fraction of sp³-hybridized carbons (Fsp3) is 0.405. The van der Waals surface area contributed by atoms with Crippen molar-refractivity contribution >= 4 is 40.3 Å². The monoisotopic (exact) mass is 652 g/mol. The van der Waals surface area contributed by atoms with Crippen LogP contribution in [0.15, 0.2) is 78.9 Å². The lowest BCUT2D eigenvalue weighted by atomic mass is 9.95. The Kier molecular flexibility index (Phi) is 10.5. The van der Waals surface area contributed by atoms with Gasteiger partial charge in [-0.25, -0.2) is 9.78 Å². The lowest BCUT2D eigenvalue weighted by molar-refractivity contribution is -0.133. The molecule has 3 amide bonds. The largest absolute Gasteiger partial charge is 0.465 e. The molecule has 0 saturated carbocycles. The smallest absolute Gasteiger partial charge is 0.404 e. The summed E-state index contributed by atoms with van der Waals surface area (Å²) in [6.07, 6.45) is 1.96. The maximum atomic E-state index is 13.7. The number of anilines is 2. The van der Waals surface area contributed by atoms with E-state index in [1.54, 1.807) is 7.11 Å². The van der Waals surface area contributed by atoms with Crippen molar-refractivity contribution in [3.8, 4) is 0 Å². The summed E-state index contributed by atoms with van der Waals surface area (Å²) in [4.78, 5) is 49.1. The molecule has 1 aromatic heterocycles. The zero-order valence-corrected chi connectivity index (χ0v) is 27.5. The van der Waals surface area contributed by atoms with Gasteiger partial charge in [-0.1, -0.05) is 42.5 Å². The topological polar surface area (TPSA) is 120 Å². The first-order chi connectivity index (χ1) is 23.4. The van der Waals surface area contributed by atoms with Gasteiger partial charge < -0.3 is 34.4 Å². The number of carbonyl (C=O) groups excluding carboxylic acids is 2. The molecule has 2 aliphatic rings. The molecule has 11 heteroatoms. The van der Waals surface area contributed by atoms with Gasteiger partial charge in [0.15, 0.2) is 0 Å². The first kappa shape index (κ1) is 33.0. The number of likely N-dealkylation sites (tertiary alicyclic amines) is 1. The number of nitrogens with zero attached hydrogens (tertiary/aromatic N) is 5. The van der Waals surface area contributed by atoms with Gasteiger partial charge in [0.1, 0.15) is 5.82 Å². The highest BCUT2D eigenvalue weighted by atomic mass is 16.5. The van der Waals surface area contributed by atoms with Crippen molar-refractivity contribution in [2.24, 2.45) is 0 Å². The molecule has 0 aliphatic carbocycles. The normalized spacial score (nSPS) is 17.5. The first-order valence-corrected chi connectivity index (χ1v) is 16.8. The zero-order valence-electron chi connectivity index (χ0n) is 27.5. The first-order valence-electron chi connectivity index (χ1n) is 16.8. The third-order valence-electron chi connectivity index (χ3n) is 9.37. The lowest BCUT2D eigenvalue weighted by Gasteiger charge is -2.35. The SMILES string of the molecule is COCCCn1c([C@@H]2CCCN(C(=O)C[C@@H](Cc3ccc(N4CCN(c5ccccc5)C(=O)C4)cc3)NC(=O)O)C2)nc2ccccc21. The van der Waals surface area contributed by atoms with Gasteiger partial charge in [0.2, 0.25) is 11.8 Å². The van der Waals surface area contributed by atoms with Crippen molar-refractivity contribution in [3.63, 3.8) is 0 Å². The van der Waals surface area contributed by atoms with Crippen molar-refractivity contribution in [3.05, 3.63) is 90.3 Å². The molecule has 2 fully saturated rings. The van der Waals surface area contributed by atoms with E-state index in [-0.39, 0.29) is 30.7 Å². The lowest BCUT2D eigenvalue weighted by Crippen LogP contribution is -2.50. The fourth-order valence-corrected chi connectivity index (χ4v) is 7.01. The number of amides is 3. The van der Waals surface area contributed by atoms with Crippen molar-refractivity contribution in [1.82, 2.24) is 19.8 Å². The van der Waals surface area contributed by atoms with Gasteiger partial charge >= 0.3 is 6.09 Å². The molecule has 3 aromatic carbocycles. The van der Waals surface area contributed by atoms with E-state index in [9.17, 15) is 19.5 Å². The van der Waals surface area contributed by atoms with Crippen LogP contribution in [0.5, 0.6) is 0 Å². The van der Waals surface area contributed by atoms with Crippen molar-refractivity contribution in [2.75, 3.05) is 56.2 Å². The maximum Gasteiger partial charge on any atom is 0.404 e. The Balaban J connectivity index is 1.08. The minimum Gasteiger partial charge on any atom is -0.465 e. The minimum atomic E-state index is -1.15. The molecule has 11 nitrogen and oxygen atoms in total. The molecular formula is C37H44N6O5. The number of benzene rings is 3. The second kappa shape index (κ2) is 15.3. The van der Waals surface area contributed by atoms with Gasteiger partial charge in [0.05, 0.1) is 17.6 Å². The van der Waals surface area contributed by atoms with Crippen LogP contribution in [0.1, 0.15) is 43.0 Å². The average molecular weight is 653 g/mol. The number of rotatable bonds is 12. The zero-order chi connectivity index (χ0) is 33.5. The maximum absolute atomic E-state index is 13.7. The number of hydrogen-bond donors (Lipinski definition) is 2. The second-order valence-electron chi connectivity index (χ2n) is 12.7. The van der Waals surface area contributed by atoms with E-state index in [0.717, 1.165) is 59.6 Å². The summed E-state index contributed by atoms with van der Waals surface area (Å²) in [5.41, 5.74) is 4.80. The summed E-state index contributed by atoms with van der Waals surface area (Å²) >= 11 is 0. The van der Waals surface area contributed by atoms with Crippen LogP contribution < -0.4 is 15.1 Å². The number of carboxylic acid groups (broad SMARTS) is 1. The molecule has 6 rings (SSSR count). The third kappa shape index (κ3) is 7.79. The van der Waals surface area contributed by atoms with Crippen molar-refractivity contribution in [2.45, 2.75) is 50.6 Å². The average Bonchev–Trinajstić information content (AvgIpc) is 3.47. The second-order valence-corrected chi connectivity index (χ2v) is 12.7. The van der Waals surface area contributed by atoms with Crippen molar-refractivity contribution in [1.29, 1.82) is 0 Å². The van der Waals surface area contributed by atoms with E-state index in [0.29, 0.717) is 39.2 Å². The summed E-state index contributed by atoms with van der Waals surface area (Å²) in [5.74, 6) is 1.07. The molecule has 3 heterocycles. The Labute approximate surface area is 281 Å². The highest BCUT2D eigenvalue weighted by molar-refractivity contribution is 5.97. The number of carbonyl (C=O) groups is 3. The molecule has 48 heavy (non-hydrogen) atoms. The van der Waals surface area contributed by atoms with Crippen molar-refractivity contribution < 1.29 is 24.2 Å². The van der Waals surface area contributed by atoms with E-state index >= 15 is 0 Å². The number of piperazine rings is 1. The van der Waals surface area contributed by atoms with Crippen LogP contribution in [0.25, 0.3) is 11.0 Å². The van der Waals surface area contributed by atoms with Crippen LogP contribution in [0.3, 0.4) is 0 Å². The number of para-hydroxylation sites is 3. The van der Waals surface area contributed by atoms with Gasteiger partial charge in [-0.15, -0.1) is 0 Å². The number of ether oxygens (including phenoxy) is 1. The fourth-order valence-electron chi connectivity index (χ4n) is 7.01. The highest BCUT2D eigenvalue weighted by Crippen LogP contribution is 2.30. The number of nitrogens with one attached hydrogen (secondary N) is 1. The van der Waals surface area contributed by atoms with Gasteiger partial charge in [-0.3, -0.25) is 9.59 Å². The van der Waals surface area contributed by atoms with E-state index in [2.05, 4.69) is 20.9 Å². The Hall–Kier alpha value is -4.90. The van der Waals surface area contributed by atoms with Crippen LogP contribution in [0.4, 0.5) is 16.2 Å². The Morgan fingerprint density at radius 2 is 1.75 bits per heavy atom. The number of piperidine rings is 1. The summed E-state index contributed by atoms with van der Waals surface area (Å²) in [5, 5.41) is 12.2. The van der Waals surface area contributed by atoms with Gasteiger partial charge in [-0.2, -0.15) is 0 Å². The molecule has 2 N–H and O–H groups in total. The molecule has 0 unspecified atom stereocenters. The van der Waals surface area contributed by atoms with Gasteiger partial charge in [0, 0.05) is 76.2 Å². The van der Waals surface area contributed by atoms with Crippen LogP contribution in [0.2, 0.25) is 0 Å². The molecule has 2 saturated heterocycles. The number of hydrogen-bond acceptors (Lipinski definition) is 6.